The number of carbonyl (C=O) groups is 1. The quantitative estimate of drug-likeness (QED) is 0.897. The van der Waals surface area contributed by atoms with Gasteiger partial charge in [0, 0.05) is 50.2 Å². The van der Waals surface area contributed by atoms with Gasteiger partial charge >= 0.3 is 6.03 Å². The number of nitrogens with zero attached hydrogens (tertiary/aromatic N) is 2. The molecule has 2 amide bonds. The molecule has 2 fully saturated rings. The van der Waals surface area contributed by atoms with Crippen LogP contribution in [0.1, 0.15) is 50.1 Å². The number of hydrogen-bond acceptors (Lipinski definition) is 3. The first-order chi connectivity index (χ1) is 12.3. The number of ether oxygens (including phenoxy) is 1. The van der Waals surface area contributed by atoms with Crippen molar-refractivity contribution >= 4 is 6.03 Å². The molecule has 0 spiro atoms. The zero-order valence-electron chi connectivity index (χ0n) is 15.0. The minimum absolute atomic E-state index is 0.138. The Morgan fingerprint density at radius 3 is 2.56 bits per heavy atom. The first kappa shape index (κ1) is 16.7. The molecule has 1 aromatic carbocycles. The maximum atomic E-state index is 12.5. The number of rotatable bonds is 2. The fourth-order valence-corrected chi connectivity index (χ4v) is 4.45. The van der Waals surface area contributed by atoms with Crippen molar-refractivity contribution in [3.8, 4) is 5.75 Å². The second-order valence-electron chi connectivity index (χ2n) is 7.50. The smallest absolute Gasteiger partial charge is 0.317 e. The van der Waals surface area contributed by atoms with E-state index in [1.54, 1.807) is 0 Å². The van der Waals surface area contributed by atoms with Gasteiger partial charge in [0.25, 0.3) is 0 Å². The van der Waals surface area contributed by atoms with Crippen LogP contribution >= 0.6 is 0 Å². The lowest BCUT2D eigenvalue weighted by atomic mass is 9.96. The van der Waals surface area contributed by atoms with E-state index in [4.69, 9.17) is 4.74 Å². The molecule has 1 aromatic rings. The maximum absolute atomic E-state index is 12.5. The zero-order chi connectivity index (χ0) is 17.1. The van der Waals surface area contributed by atoms with Crippen molar-refractivity contribution < 1.29 is 9.53 Å². The molecule has 0 radical (unpaired) electrons. The molecule has 0 bridgehead atoms. The number of amides is 2. The summed E-state index contributed by atoms with van der Waals surface area (Å²) in [5.41, 5.74) is 1.30. The molecule has 1 aliphatic carbocycles. The van der Waals surface area contributed by atoms with Gasteiger partial charge in [0.05, 0.1) is 6.61 Å². The summed E-state index contributed by atoms with van der Waals surface area (Å²) in [6, 6.07) is 9.33. The molecular weight excluding hydrogens is 314 g/mol. The summed E-state index contributed by atoms with van der Waals surface area (Å²) in [6.45, 7) is 4.30. The number of carbonyl (C=O) groups excluding carboxylic acids is 1. The van der Waals surface area contributed by atoms with E-state index < -0.39 is 0 Å². The Hall–Kier alpha value is -1.75. The molecule has 136 valence electrons. The fraction of sp³-hybridized carbons (Fsp3) is 0.650. The molecule has 5 heteroatoms. The van der Waals surface area contributed by atoms with Crippen LogP contribution in [-0.2, 0) is 0 Å². The zero-order valence-corrected chi connectivity index (χ0v) is 15.0. The molecule has 25 heavy (non-hydrogen) atoms. The fourth-order valence-electron chi connectivity index (χ4n) is 4.45. The van der Waals surface area contributed by atoms with Crippen molar-refractivity contribution in [1.82, 2.24) is 15.1 Å². The van der Waals surface area contributed by atoms with Crippen molar-refractivity contribution in [2.24, 2.45) is 0 Å². The molecule has 1 atom stereocenters. The summed E-state index contributed by atoms with van der Waals surface area (Å²) in [6.07, 6.45) is 7.14. The highest BCUT2D eigenvalue weighted by Gasteiger charge is 2.31. The van der Waals surface area contributed by atoms with Gasteiger partial charge in [-0.1, -0.05) is 37.5 Å². The van der Waals surface area contributed by atoms with Crippen LogP contribution in [0.4, 0.5) is 4.79 Å². The Bertz CT molecular complexity index is 592. The van der Waals surface area contributed by atoms with E-state index in [1.165, 1.54) is 24.8 Å². The summed E-state index contributed by atoms with van der Waals surface area (Å²) in [5.74, 6) is 1.02. The minimum atomic E-state index is 0.138. The molecule has 1 unspecified atom stereocenters. The highest BCUT2D eigenvalue weighted by molar-refractivity contribution is 5.74. The van der Waals surface area contributed by atoms with Gasteiger partial charge in [0.2, 0.25) is 0 Å². The normalized spacial score (nSPS) is 25.1. The lowest BCUT2D eigenvalue weighted by Gasteiger charge is -2.41. The lowest BCUT2D eigenvalue weighted by Crippen LogP contribution is -2.54. The van der Waals surface area contributed by atoms with Crippen LogP contribution in [0.15, 0.2) is 24.3 Å². The molecule has 0 aromatic heterocycles. The van der Waals surface area contributed by atoms with Crippen LogP contribution in [0.2, 0.25) is 0 Å². The van der Waals surface area contributed by atoms with Crippen LogP contribution in [0.5, 0.6) is 5.75 Å². The monoisotopic (exact) mass is 343 g/mol. The Morgan fingerprint density at radius 2 is 1.76 bits per heavy atom. The van der Waals surface area contributed by atoms with E-state index in [0.717, 1.165) is 57.8 Å². The van der Waals surface area contributed by atoms with Crippen LogP contribution in [0, 0.1) is 0 Å². The average Bonchev–Trinajstić information content (AvgIpc) is 2.68. The Morgan fingerprint density at radius 1 is 1.00 bits per heavy atom. The van der Waals surface area contributed by atoms with Crippen LogP contribution in [-0.4, -0.2) is 54.7 Å². The number of para-hydroxylation sites is 1. The minimum Gasteiger partial charge on any atom is -0.493 e. The Balaban J connectivity index is 1.32. The predicted octanol–water partition coefficient (Wildman–Crippen LogP) is 3.17. The summed E-state index contributed by atoms with van der Waals surface area (Å²) >= 11 is 0. The SMILES string of the molecule is O=C(NC1CCCCC1)N1CCN(C2CCOc3ccccc32)CC1. The third-order valence-corrected chi connectivity index (χ3v) is 5.90. The lowest BCUT2D eigenvalue weighted by molar-refractivity contribution is 0.0842. The summed E-state index contributed by atoms with van der Waals surface area (Å²) in [5, 5.41) is 3.25. The van der Waals surface area contributed by atoms with Gasteiger partial charge < -0.3 is 15.0 Å². The van der Waals surface area contributed by atoms with Crippen molar-refractivity contribution in [2.45, 2.75) is 50.6 Å². The first-order valence-electron chi connectivity index (χ1n) is 9.82. The van der Waals surface area contributed by atoms with Crippen molar-refractivity contribution in [1.29, 1.82) is 0 Å². The van der Waals surface area contributed by atoms with Crippen LogP contribution in [0.3, 0.4) is 0 Å². The number of piperazine rings is 1. The predicted molar refractivity (Wildman–Crippen MR) is 97.8 cm³/mol. The van der Waals surface area contributed by atoms with Gasteiger partial charge in [-0.2, -0.15) is 0 Å². The molecule has 1 saturated carbocycles. The molecular formula is C20H29N3O2. The van der Waals surface area contributed by atoms with Crippen molar-refractivity contribution in [3.63, 3.8) is 0 Å². The third kappa shape index (κ3) is 3.76. The van der Waals surface area contributed by atoms with Gasteiger partial charge in [-0.05, 0) is 18.9 Å². The second-order valence-corrected chi connectivity index (χ2v) is 7.50. The van der Waals surface area contributed by atoms with Gasteiger partial charge in [-0.15, -0.1) is 0 Å². The molecule has 2 heterocycles. The van der Waals surface area contributed by atoms with Crippen LogP contribution in [0.25, 0.3) is 0 Å². The van der Waals surface area contributed by atoms with E-state index in [1.807, 2.05) is 11.0 Å². The molecule has 2 aliphatic heterocycles. The van der Waals surface area contributed by atoms with E-state index in [2.05, 4.69) is 28.4 Å². The standard InChI is InChI=1S/C20H29N3O2/c24-20(21-16-6-2-1-3-7-16)23-13-11-22(12-14-23)18-10-15-25-19-9-5-4-8-17(18)19/h4-5,8-9,16,18H,1-3,6-7,10-15H2,(H,21,24). The second kappa shape index (κ2) is 7.65. The Labute approximate surface area is 150 Å². The summed E-state index contributed by atoms with van der Waals surface area (Å²) < 4.78 is 5.79. The van der Waals surface area contributed by atoms with Gasteiger partial charge in [-0.25, -0.2) is 4.79 Å². The van der Waals surface area contributed by atoms with Crippen molar-refractivity contribution in [3.05, 3.63) is 29.8 Å². The van der Waals surface area contributed by atoms with Gasteiger partial charge in [-0.3, -0.25) is 4.90 Å². The molecule has 4 rings (SSSR count). The number of benzene rings is 1. The van der Waals surface area contributed by atoms with Crippen LogP contribution < -0.4 is 10.1 Å². The summed E-state index contributed by atoms with van der Waals surface area (Å²) in [7, 11) is 0. The molecule has 1 saturated heterocycles. The molecule has 5 nitrogen and oxygen atoms in total. The number of nitrogens with one attached hydrogen (secondary N) is 1. The number of fused-ring (bicyclic) bond motifs is 1. The summed E-state index contributed by atoms with van der Waals surface area (Å²) in [4.78, 5) is 17.0. The molecule has 1 N–H and O–H groups in total. The highest BCUT2D eigenvalue weighted by atomic mass is 16.5. The largest absolute Gasteiger partial charge is 0.493 e. The highest BCUT2D eigenvalue weighted by Crippen LogP contribution is 2.36. The van der Waals surface area contributed by atoms with Crippen molar-refractivity contribution in [2.75, 3.05) is 32.8 Å². The molecule has 3 aliphatic rings. The average molecular weight is 343 g/mol. The number of urea groups is 1. The Kier molecular flexibility index (Phi) is 5.11. The maximum Gasteiger partial charge on any atom is 0.317 e. The van der Waals surface area contributed by atoms with Gasteiger partial charge in [0.15, 0.2) is 0 Å². The number of hydrogen-bond donors (Lipinski definition) is 1. The van der Waals surface area contributed by atoms with E-state index >= 15 is 0 Å². The van der Waals surface area contributed by atoms with Gasteiger partial charge in [0.1, 0.15) is 5.75 Å². The first-order valence-corrected chi connectivity index (χ1v) is 9.82. The van der Waals surface area contributed by atoms with E-state index in [0.29, 0.717) is 12.1 Å². The topological polar surface area (TPSA) is 44.8 Å². The third-order valence-electron chi connectivity index (χ3n) is 5.90. The van der Waals surface area contributed by atoms with E-state index in [9.17, 15) is 4.79 Å². The van der Waals surface area contributed by atoms with E-state index in [-0.39, 0.29) is 6.03 Å².